The molecule has 1 amide bonds. The molecule has 1 saturated carbocycles. The molecular weight excluding hydrogens is 509 g/mol. The monoisotopic (exact) mass is 535 g/mol. The van der Waals surface area contributed by atoms with E-state index in [0.29, 0.717) is 31.9 Å². The number of hydrogen-bond acceptors (Lipinski definition) is 7. The molecular formula is C24H27ClFN5O4S. The van der Waals surface area contributed by atoms with Crippen molar-refractivity contribution in [2.75, 3.05) is 24.7 Å². The minimum absolute atomic E-state index is 0.00137. The Morgan fingerprint density at radius 2 is 2.03 bits per heavy atom. The topological polar surface area (TPSA) is 117 Å². The first-order valence-electron chi connectivity index (χ1n) is 12.0. The first kappa shape index (κ1) is 25.0. The molecule has 1 aromatic carbocycles. The maximum absolute atomic E-state index is 13.6. The number of nitrogens with one attached hydrogen (secondary N) is 1. The Kier molecular flexibility index (Phi) is 6.47. The van der Waals surface area contributed by atoms with Gasteiger partial charge in [0.25, 0.3) is 0 Å². The number of aryl methyl sites for hydroxylation is 1. The molecule has 192 valence electrons. The smallest absolute Gasteiger partial charge is 0.244 e. The molecule has 3 fully saturated rings. The molecule has 2 atom stereocenters. The van der Waals surface area contributed by atoms with Gasteiger partial charge in [0.2, 0.25) is 5.91 Å². The van der Waals surface area contributed by atoms with Crippen molar-refractivity contribution < 1.29 is 22.3 Å². The van der Waals surface area contributed by atoms with Gasteiger partial charge in [-0.15, -0.1) is 0 Å². The van der Waals surface area contributed by atoms with Crippen LogP contribution in [0, 0.1) is 24.1 Å². The highest BCUT2D eigenvalue weighted by Crippen LogP contribution is 2.39. The average molecular weight is 536 g/mol. The number of halogens is 2. The second kappa shape index (κ2) is 9.32. The number of nitriles is 1. The van der Waals surface area contributed by atoms with Crippen LogP contribution in [-0.2, 0) is 19.4 Å². The fourth-order valence-corrected chi connectivity index (χ4v) is 7.26. The van der Waals surface area contributed by atoms with E-state index < -0.39 is 38.4 Å². The van der Waals surface area contributed by atoms with E-state index >= 15 is 0 Å². The van der Waals surface area contributed by atoms with E-state index in [4.69, 9.17) is 16.3 Å². The van der Waals surface area contributed by atoms with Gasteiger partial charge < -0.3 is 15.0 Å². The average Bonchev–Trinajstić information content (AvgIpc) is 3.28. The largest absolute Gasteiger partial charge is 0.381 e. The van der Waals surface area contributed by atoms with Gasteiger partial charge in [0.05, 0.1) is 33.0 Å². The molecule has 2 aliphatic heterocycles. The van der Waals surface area contributed by atoms with Crippen LogP contribution in [0.15, 0.2) is 29.2 Å². The summed E-state index contributed by atoms with van der Waals surface area (Å²) >= 11 is 6.12. The van der Waals surface area contributed by atoms with Crippen LogP contribution < -0.4 is 10.2 Å². The third kappa shape index (κ3) is 4.58. The fourth-order valence-electron chi connectivity index (χ4n) is 5.03. The maximum atomic E-state index is 13.6. The Morgan fingerprint density at radius 3 is 2.67 bits per heavy atom. The summed E-state index contributed by atoms with van der Waals surface area (Å²) in [5.74, 6) is -0.370. The number of rotatable bonds is 6. The Morgan fingerprint density at radius 1 is 1.31 bits per heavy atom. The van der Waals surface area contributed by atoms with Gasteiger partial charge in [0, 0.05) is 25.8 Å². The van der Waals surface area contributed by atoms with Gasteiger partial charge in [0.15, 0.2) is 9.84 Å². The Hall–Kier alpha value is -2.68. The van der Waals surface area contributed by atoms with Crippen molar-refractivity contribution >= 4 is 33.2 Å². The van der Waals surface area contributed by atoms with Crippen molar-refractivity contribution in [1.82, 2.24) is 15.1 Å². The lowest BCUT2D eigenvalue weighted by Crippen LogP contribution is -2.48. The summed E-state index contributed by atoms with van der Waals surface area (Å²) in [6, 6.07) is 6.43. The van der Waals surface area contributed by atoms with Crippen molar-refractivity contribution in [3.05, 3.63) is 40.8 Å². The highest BCUT2D eigenvalue weighted by molar-refractivity contribution is 7.92. The molecule has 2 saturated heterocycles. The summed E-state index contributed by atoms with van der Waals surface area (Å²) in [5, 5.41) is 15.8. The molecule has 5 rings (SSSR count). The molecule has 12 heteroatoms. The van der Waals surface area contributed by atoms with Crippen molar-refractivity contribution in [1.29, 1.82) is 5.26 Å². The normalized spacial score (nSPS) is 23.9. The van der Waals surface area contributed by atoms with Crippen LogP contribution in [0.1, 0.15) is 43.8 Å². The lowest BCUT2D eigenvalue weighted by molar-refractivity contribution is -0.122. The number of anilines is 1. The summed E-state index contributed by atoms with van der Waals surface area (Å²) in [4.78, 5) is 15.0. The molecule has 0 spiro atoms. The van der Waals surface area contributed by atoms with E-state index in [9.17, 15) is 22.9 Å². The molecule has 0 bridgehead atoms. The molecule has 9 nitrogen and oxygen atoms in total. The second-order valence-electron chi connectivity index (χ2n) is 9.76. The number of ether oxygens (including phenoxy) is 1. The van der Waals surface area contributed by atoms with Crippen LogP contribution in [0.5, 0.6) is 0 Å². The molecule has 2 aromatic rings. The maximum Gasteiger partial charge on any atom is 0.244 e. The summed E-state index contributed by atoms with van der Waals surface area (Å²) in [6.45, 7) is 3.07. The third-order valence-electron chi connectivity index (χ3n) is 7.20. The van der Waals surface area contributed by atoms with Crippen LogP contribution in [0.3, 0.4) is 0 Å². The Balaban J connectivity index is 1.51. The van der Waals surface area contributed by atoms with Crippen LogP contribution in [0.4, 0.5) is 10.2 Å². The standard InChI is InChI=1S/C24H27ClFN5O4S/c1-15-10-22(31(29-15)17-4-8-35-9-5-17)30-13-18(12-20(30)23(32)28-24(14-27)6-7-24)36(33,34)21-3-2-16(26)11-19(21)25/h2-3,10-11,17-18,20H,4-9,12-13H2,1H3,(H,28,32). The van der Waals surface area contributed by atoms with Crippen molar-refractivity contribution in [3.8, 4) is 6.07 Å². The third-order valence-corrected chi connectivity index (χ3v) is 9.81. The van der Waals surface area contributed by atoms with Crippen molar-refractivity contribution in [3.63, 3.8) is 0 Å². The zero-order chi connectivity index (χ0) is 25.7. The summed E-state index contributed by atoms with van der Waals surface area (Å²) in [6.07, 6.45) is 2.63. The van der Waals surface area contributed by atoms with Crippen molar-refractivity contribution in [2.24, 2.45) is 0 Å². The first-order chi connectivity index (χ1) is 17.1. The zero-order valence-electron chi connectivity index (χ0n) is 19.8. The highest BCUT2D eigenvalue weighted by Gasteiger charge is 2.50. The molecule has 36 heavy (non-hydrogen) atoms. The number of carbonyl (C=O) groups is 1. The van der Waals surface area contributed by atoms with E-state index in [1.54, 1.807) is 4.90 Å². The van der Waals surface area contributed by atoms with Crippen LogP contribution in [-0.4, -0.2) is 60.7 Å². The number of amides is 1. The minimum Gasteiger partial charge on any atom is -0.381 e. The number of carbonyl (C=O) groups excluding carboxylic acids is 1. The zero-order valence-corrected chi connectivity index (χ0v) is 21.4. The fraction of sp³-hybridized carbons (Fsp3) is 0.542. The molecule has 1 aliphatic carbocycles. The predicted molar refractivity (Wildman–Crippen MR) is 130 cm³/mol. The van der Waals surface area contributed by atoms with Gasteiger partial charge in [-0.25, -0.2) is 17.5 Å². The number of sulfone groups is 1. The Bertz CT molecular complexity index is 1330. The van der Waals surface area contributed by atoms with E-state index in [0.717, 1.165) is 36.7 Å². The summed E-state index contributed by atoms with van der Waals surface area (Å²) in [5.41, 5.74) is -0.143. The highest BCUT2D eigenvalue weighted by atomic mass is 35.5. The summed E-state index contributed by atoms with van der Waals surface area (Å²) < 4.78 is 48.2. The first-order valence-corrected chi connectivity index (χ1v) is 13.9. The molecule has 3 aliphatic rings. The number of benzene rings is 1. The number of aromatic nitrogens is 2. The van der Waals surface area contributed by atoms with Crippen LogP contribution >= 0.6 is 11.6 Å². The van der Waals surface area contributed by atoms with Gasteiger partial charge in [-0.2, -0.15) is 10.4 Å². The van der Waals surface area contributed by atoms with Gasteiger partial charge >= 0.3 is 0 Å². The molecule has 0 radical (unpaired) electrons. The minimum atomic E-state index is -3.99. The van der Waals surface area contributed by atoms with Crippen molar-refractivity contribution in [2.45, 2.75) is 66.8 Å². The Labute approximate surface area is 214 Å². The second-order valence-corrected chi connectivity index (χ2v) is 12.4. The van der Waals surface area contributed by atoms with E-state index in [1.165, 1.54) is 0 Å². The number of nitrogens with zero attached hydrogens (tertiary/aromatic N) is 4. The SMILES string of the molecule is Cc1cc(N2CC(S(=O)(=O)c3ccc(F)cc3Cl)CC2C(=O)NC2(C#N)CC2)n(C2CCOCC2)n1. The summed E-state index contributed by atoms with van der Waals surface area (Å²) in [7, 11) is -3.99. The van der Waals surface area contributed by atoms with Gasteiger partial charge in [-0.3, -0.25) is 4.79 Å². The molecule has 1 N–H and O–H groups in total. The molecule has 1 aromatic heterocycles. The lowest BCUT2D eigenvalue weighted by Gasteiger charge is -2.30. The number of hydrogen-bond donors (Lipinski definition) is 1. The van der Waals surface area contributed by atoms with Crippen LogP contribution in [0.2, 0.25) is 5.02 Å². The molecule has 3 heterocycles. The lowest BCUT2D eigenvalue weighted by atomic mass is 10.1. The van der Waals surface area contributed by atoms with E-state index in [2.05, 4.69) is 16.5 Å². The van der Waals surface area contributed by atoms with Gasteiger partial charge in [0.1, 0.15) is 23.2 Å². The van der Waals surface area contributed by atoms with E-state index in [-0.39, 0.29) is 28.9 Å². The van der Waals surface area contributed by atoms with E-state index in [1.807, 2.05) is 17.7 Å². The quantitative estimate of drug-likeness (QED) is 0.565. The predicted octanol–water partition coefficient (Wildman–Crippen LogP) is 2.93. The molecule has 2 unspecified atom stereocenters. The van der Waals surface area contributed by atoms with Gasteiger partial charge in [-0.05, 0) is 57.2 Å². The van der Waals surface area contributed by atoms with Gasteiger partial charge in [-0.1, -0.05) is 11.6 Å². The van der Waals surface area contributed by atoms with Crippen LogP contribution in [0.25, 0.3) is 0 Å².